The Kier molecular flexibility index (Phi) is 6.84. The molecule has 0 aliphatic rings. The molecule has 0 aliphatic carbocycles. The normalized spacial score (nSPS) is 15.5. The van der Waals surface area contributed by atoms with Crippen molar-refractivity contribution in [3.63, 3.8) is 0 Å². The van der Waals surface area contributed by atoms with Crippen LogP contribution in [0.2, 0.25) is 0 Å². The third-order valence-electron chi connectivity index (χ3n) is 3.76. The number of carbonyl (C=O) groups is 1. The molecule has 1 aromatic carbocycles. The summed E-state index contributed by atoms with van der Waals surface area (Å²) in [5, 5.41) is 13.3. The van der Waals surface area contributed by atoms with Crippen molar-refractivity contribution in [2.75, 3.05) is 21.2 Å². The Hall–Kier alpha value is -1.59. The quantitative estimate of drug-likeness (QED) is 0.806. The van der Waals surface area contributed by atoms with E-state index in [4.69, 9.17) is 4.74 Å². The third-order valence-corrected chi connectivity index (χ3v) is 3.76. The number of benzene rings is 1. The number of nitrogens with zero attached hydrogens (tertiary/aromatic N) is 1. The van der Waals surface area contributed by atoms with E-state index in [1.807, 2.05) is 32.8 Å². The molecular weight excluding hydrogens is 280 g/mol. The maximum absolute atomic E-state index is 12.4. The number of rotatable bonds is 7. The predicted molar refractivity (Wildman–Crippen MR) is 87.9 cm³/mol. The molecule has 5 heteroatoms. The second-order valence-electron chi connectivity index (χ2n) is 6.17. The first-order valence-electron chi connectivity index (χ1n) is 7.56. The van der Waals surface area contributed by atoms with Crippen LogP contribution in [0.1, 0.15) is 32.4 Å². The molecule has 0 bridgehead atoms. The molecule has 0 spiro atoms. The van der Waals surface area contributed by atoms with E-state index in [-0.39, 0.29) is 23.9 Å². The fourth-order valence-corrected chi connectivity index (χ4v) is 2.61. The van der Waals surface area contributed by atoms with Crippen molar-refractivity contribution in [2.45, 2.75) is 39.0 Å². The van der Waals surface area contributed by atoms with E-state index in [0.29, 0.717) is 0 Å². The number of hydrogen-bond donors (Lipinski definition) is 2. The van der Waals surface area contributed by atoms with E-state index in [9.17, 15) is 9.90 Å². The van der Waals surface area contributed by atoms with E-state index < -0.39 is 6.10 Å². The predicted octanol–water partition coefficient (Wildman–Crippen LogP) is 1.82. The molecule has 124 valence electrons. The number of aliphatic hydroxyl groups is 1. The molecule has 1 rings (SSSR count). The van der Waals surface area contributed by atoms with E-state index in [2.05, 4.69) is 5.32 Å². The summed E-state index contributed by atoms with van der Waals surface area (Å²) in [4.78, 5) is 14.3. The molecule has 0 fully saturated rings. The zero-order valence-electron chi connectivity index (χ0n) is 14.3. The number of nitrogens with one attached hydrogen (secondary N) is 1. The van der Waals surface area contributed by atoms with Crippen LogP contribution in [0.15, 0.2) is 24.3 Å². The Morgan fingerprint density at radius 2 is 1.73 bits per heavy atom. The molecule has 1 amide bonds. The smallest absolute Gasteiger partial charge is 0.237 e. The molecule has 0 aliphatic heterocycles. The molecule has 1 aromatic rings. The van der Waals surface area contributed by atoms with Crippen molar-refractivity contribution in [1.29, 1.82) is 0 Å². The minimum atomic E-state index is -0.759. The molecule has 2 N–H and O–H groups in total. The highest BCUT2D eigenvalue weighted by Gasteiger charge is 2.27. The third kappa shape index (κ3) is 4.71. The molecule has 0 saturated heterocycles. The highest BCUT2D eigenvalue weighted by molar-refractivity contribution is 5.82. The molecule has 0 saturated carbocycles. The van der Waals surface area contributed by atoms with E-state index >= 15 is 0 Å². The summed E-state index contributed by atoms with van der Waals surface area (Å²) in [6.07, 6.45) is -0.759. The van der Waals surface area contributed by atoms with Crippen LogP contribution in [0.5, 0.6) is 5.75 Å². The lowest BCUT2D eigenvalue weighted by Gasteiger charge is -2.29. The van der Waals surface area contributed by atoms with E-state index in [0.717, 1.165) is 11.3 Å². The number of likely N-dealkylation sites (N-methyl/N-ethyl adjacent to an activating group) is 1. The highest BCUT2D eigenvalue weighted by Crippen LogP contribution is 2.20. The molecule has 0 radical (unpaired) electrons. The molecule has 5 nitrogen and oxygen atoms in total. The van der Waals surface area contributed by atoms with Crippen LogP contribution in [0.4, 0.5) is 0 Å². The summed E-state index contributed by atoms with van der Waals surface area (Å²) in [6.45, 7) is 5.82. The van der Waals surface area contributed by atoms with Crippen molar-refractivity contribution in [1.82, 2.24) is 10.2 Å². The van der Waals surface area contributed by atoms with Crippen molar-refractivity contribution in [3.05, 3.63) is 29.8 Å². The molecule has 3 atom stereocenters. The number of methoxy groups -OCH3 is 1. The summed E-state index contributed by atoms with van der Waals surface area (Å²) >= 11 is 0. The van der Waals surface area contributed by atoms with Gasteiger partial charge in [0.25, 0.3) is 0 Å². The van der Waals surface area contributed by atoms with E-state index in [1.54, 1.807) is 38.3 Å². The molecule has 22 heavy (non-hydrogen) atoms. The largest absolute Gasteiger partial charge is 0.497 e. The number of ether oxygens (including phenoxy) is 1. The van der Waals surface area contributed by atoms with Gasteiger partial charge in [0.1, 0.15) is 5.75 Å². The van der Waals surface area contributed by atoms with Gasteiger partial charge in [-0.25, -0.2) is 0 Å². The van der Waals surface area contributed by atoms with Gasteiger partial charge in [-0.1, -0.05) is 26.0 Å². The van der Waals surface area contributed by atoms with Gasteiger partial charge in [0.15, 0.2) is 0 Å². The highest BCUT2D eigenvalue weighted by atomic mass is 16.5. The first-order chi connectivity index (χ1) is 10.3. The number of amides is 1. The van der Waals surface area contributed by atoms with Gasteiger partial charge in [0, 0.05) is 0 Å². The first-order valence-corrected chi connectivity index (χ1v) is 7.56. The summed E-state index contributed by atoms with van der Waals surface area (Å²) < 4.78 is 5.10. The Bertz CT molecular complexity index is 463. The van der Waals surface area contributed by atoms with Gasteiger partial charge in [-0.15, -0.1) is 0 Å². The van der Waals surface area contributed by atoms with Crippen LogP contribution >= 0.6 is 0 Å². The molecule has 3 unspecified atom stereocenters. The average molecular weight is 308 g/mol. The molecular formula is C17H28N2O3. The second kappa shape index (κ2) is 8.15. The van der Waals surface area contributed by atoms with Gasteiger partial charge in [0.2, 0.25) is 5.91 Å². The number of aliphatic hydroxyl groups excluding tert-OH is 1. The lowest BCUT2D eigenvalue weighted by atomic mass is 10.00. The van der Waals surface area contributed by atoms with Crippen LogP contribution < -0.4 is 10.1 Å². The second-order valence-corrected chi connectivity index (χ2v) is 6.17. The van der Waals surface area contributed by atoms with Gasteiger partial charge in [-0.3, -0.25) is 9.69 Å². The van der Waals surface area contributed by atoms with Gasteiger partial charge in [0.05, 0.1) is 25.3 Å². The standard InChI is InChI=1S/C17H28N2O3/c1-11(2)15(19(4)5)17(21)18-12(3)16(20)13-7-9-14(22-6)10-8-13/h7-12,15-16,20H,1-6H3,(H,18,21). The summed E-state index contributed by atoms with van der Waals surface area (Å²) in [6, 6.07) is 6.61. The first kappa shape index (κ1) is 18.5. The van der Waals surface area contributed by atoms with Crippen molar-refractivity contribution in [2.24, 2.45) is 5.92 Å². The lowest BCUT2D eigenvalue weighted by molar-refractivity contribution is -0.128. The summed E-state index contributed by atoms with van der Waals surface area (Å²) in [5.74, 6) is 0.862. The van der Waals surface area contributed by atoms with Crippen molar-refractivity contribution in [3.8, 4) is 5.75 Å². The SMILES string of the molecule is COc1ccc(C(O)C(C)NC(=O)C(C(C)C)N(C)C)cc1. The maximum atomic E-state index is 12.4. The van der Waals surface area contributed by atoms with Gasteiger partial charge >= 0.3 is 0 Å². The number of hydrogen-bond acceptors (Lipinski definition) is 4. The zero-order chi connectivity index (χ0) is 16.9. The summed E-state index contributed by atoms with van der Waals surface area (Å²) in [7, 11) is 5.37. The van der Waals surface area contributed by atoms with Crippen LogP contribution in [0.25, 0.3) is 0 Å². The van der Waals surface area contributed by atoms with Crippen molar-refractivity contribution >= 4 is 5.91 Å². The summed E-state index contributed by atoms with van der Waals surface area (Å²) in [5.41, 5.74) is 0.750. The Labute approximate surface area is 133 Å². The Morgan fingerprint density at radius 3 is 2.14 bits per heavy atom. The van der Waals surface area contributed by atoms with Crippen molar-refractivity contribution < 1.29 is 14.6 Å². The fraction of sp³-hybridized carbons (Fsp3) is 0.588. The molecule has 0 heterocycles. The minimum absolute atomic E-state index is 0.0694. The van der Waals surface area contributed by atoms with E-state index in [1.165, 1.54) is 0 Å². The van der Waals surface area contributed by atoms with Crippen LogP contribution in [0.3, 0.4) is 0 Å². The van der Waals surface area contributed by atoms with Crippen LogP contribution in [0, 0.1) is 5.92 Å². The van der Waals surface area contributed by atoms with Gasteiger partial charge < -0.3 is 15.2 Å². The fourth-order valence-electron chi connectivity index (χ4n) is 2.61. The maximum Gasteiger partial charge on any atom is 0.237 e. The molecule has 0 aromatic heterocycles. The minimum Gasteiger partial charge on any atom is -0.497 e. The van der Waals surface area contributed by atoms with Gasteiger partial charge in [-0.2, -0.15) is 0 Å². The Balaban J connectivity index is 2.73. The topological polar surface area (TPSA) is 61.8 Å². The van der Waals surface area contributed by atoms with Crippen LogP contribution in [-0.2, 0) is 4.79 Å². The van der Waals surface area contributed by atoms with Gasteiger partial charge in [-0.05, 0) is 44.6 Å². The zero-order valence-corrected chi connectivity index (χ0v) is 14.3. The lowest BCUT2D eigenvalue weighted by Crippen LogP contribution is -2.50. The monoisotopic (exact) mass is 308 g/mol. The Morgan fingerprint density at radius 1 is 1.18 bits per heavy atom. The average Bonchev–Trinajstić information content (AvgIpc) is 2.45. The van der Waals surface area contributed by atoms with Crippen LogP contribution in [-0.4, -0.2) is 49.2 Å². The number of carbonyl (C=O) groups excluding carboxylic acids is 1.